The molecule has 2 rings (SSSR count). The normalized spacial score (nSPS) is 27.6. The quantitative estimate of drug-likeness (QED) is 0.889. The predicted molar refractivity (Wildman–Crippen MR) is 81.0 cm³/mol. The molecule has 110 valence electrons. The van der Waals surface area contributed by atoms with Gasteiger partial charge in [-0.1, -0.05) is 37.6 Å². The molecule has 20 heavy (non-hydrogen) atoms. The Bertz CT molecular complexity index is 458. The molecule has 2 unspecified atom stereocenters. The van der Waals surface area contributed by atoms with Crippen LogP contribution in [-0.2, 0) is 4.79 Å². The van der Waals surface area contributed by atoms with Gasteiger partial charge in [0.2, 0.25) is 0 Å². The van der Waals surface area contributed by atoms with Crippen molar-refractivity contribution in [2.24, 2.45) is 5.92 Å². The molecule has 1 heterocycles. The third-order valence-corrected chi connectivity index (χ3v) is 4.61. The number of carboxylic acids is 1. The molecular weight excluding hydrogens is 250 g/mol. The van der Waals surface area contributed by atoms with E-state index in [0.717, 1.165) is 19.4 Å². The lowest BCUT2D eigenvalue weighted by atomic mass is 9.75. The molecule has 1 aromatic rings. The molecule has 0 saturated carbocycles. The van der Waals surface area contributed by atoms with Crippen LogP contribution in [0.1, 0.15) is 49.7 Å². The van der Waals surface area contributed by atoms with Crippen molar-refractivity contribution < 1.29 is 9.90 Å². The van der Waals surface area contributed by atoms with Gasteiger partial charge in [-0.05, 0) is 55.7 Å². The summed E-state index contributed by atoms with van der Waals surface area (Å²) in [7, 11) is 0. The maximum Gasteiger partial charge on any atom is 0.320 e. The van der Waals surface area contributed by atoms with E-state index in [0.29, 0.717) is 18.3 Å². The lowest BCUT2D eigenvalue weighted by Gasteiger charge is -2.33. The average molecular weight is 275 g/mol. The highest BCUT2D eigenvalue weighted by Crippen LogP contribution is 2.37. The van der Waals surface area contributed by atoms with Crippen molar-refractivity contribution in [3.63, 3.8) is 0 Å². The second-order valence-electron chi connectivity index (χ2n) is 5.85. The monoisotopic (exact) mass is 275 g/mol. The average Bonchev–Trinajstić information content (AvgIpc) is 2.40. The molecule has 0 amide bonds. The second-order valence-corrected chi connectivity index (χ2v) is 5.85. The molecule has 3 atom stereocenters. The molecule has 1 aromatic carbocycles. The molecular formula is C17H25NO2. The van der Waals surface area contributed by atoms with Crippen molar-refractivity contribution in [1.29, 1.82) is 0 Å². The van der Waals surface area contributed by atoms with E-state index >= 15 is 0 Å². The van der Waals surface area contributed by atoms with Gasteiger partial charge >= 0.3 is 5.97 Å². The SMILES string of the molecule is CC[C@@H]1CCCNC(C(=O)O)CC1c1ccccc1C. The first-order valence-corrected chi connectivity index (χ1v) is 7.65. The third kappa shape index (κ3) is 3.40. The highest BCUT2D eigenvalue weighted by molar-refractivity contribution is 5.73. The first kappa shape index (κ1) is 15.0. The van der Waals surface area contributed by atoms with Crippen molar-refractivity contribution in [2.75, 3.05) is 6.54 Å². The van der Waals surface area contributed by atoms with E-state index in [4.69, 9.17) is 0 Å². The van der Waals surface area contributed by atoms with E-state index in [2.05, 4.69) is 43.4 Å². The molecule has 0 aromatic heterocycles. The van der Waals surface area contributed by atoms with Crippen molar-refractivity contribution in [3.05, 3.63) is 35.4 Å². The molecule has 0 spiro atoms. The molecule has 0 aliphatic carbocycles. The van der Waals surface area contributed by atoms with Gasteiger partial charge in [-0.2, -0.15) is 0 Å². The van der Waals surface area contributed by atoms with Crippen LogP contribution in [0.2, 0.25) is 0 Å². The van der Waals surface area contributed by atoms with Crippen molar-refractivity contribution in [2.45, 2.75) is 51.5 Å². The van der Waals surface area contributed by atoms with Gasteiger partial charge in [0.25, 0.3) is 0 Å². The molecule has 2 N–H and O–H groups in total. The summed E-state index contributed by atoms with van der Waals surface area (Å²) in [5.41, 5.74) is 2.61. The topological polar surface area (TPSA) is 49.3 Å². The Labute approximate surface area is 121 Å². The van der Waals surface area contributed by atoms with Crippen LogP contribution in [0.5, 0.6) is 0 Å². The second kappa shape index (κ2) is 6.89. The van der Waals surface area contributed by atoms with Gasteiger partial charge in [0.1, 0.15) is 6.04 Å². The standard InChI is InChI=1S/C17H25NO2/c1-3-13-8-6-10-18-16(17(19)20)11-15(13)14-9-5-4-7-12(14)2/h4-5,7,9,13,15-16,18H,3,6,8,10-11H2,1-2H3,(H,19,20)/t13-,15?,16?/m1/s1. The van der Waals surface area contributed by atoms with E-state index < -0.39 is 12.0 Å². The number of benzene rings is 1. The van der Waals surface area contributed by atoms with Crippen LogP contribution >= 0.6 is 0 Å². The van der Waals surface area contributed by atoms with Crippen LogP contribution in [0.15, 0.2) is 24.3 Å². The van der Waals surface area contributed by atoms with Gasteiger partial charge in [0, 0.05) is 0 Å². The van der Waals surface area contributed by atoms with Crippen LogP contribution in [0.3, 0.4) is 0 Å². The fraction of sp³-hybridized carbons (Fsp3) is 0.588. The first-order valence-electron chi connectivity index (χ1n) is 7.65. The van der Waals surface area contributed by atoms with Crippen molar-refractivity contribution in [3.8, 4) is 0 Å². The fourth-order valence-corrected chi connectivity index (χ4v) is 3.43. The molecule has 1 saturated heterocycles. The number of hydrogen-bond donors (Lipinski definition) is 2. The molecule has 1 aliphatic heterocycles. The van der Waals surface area contributed by atoms with Crippen LogP contribution in [0, 0.1) is 12.8 Å². The summed E-state index contributed by atoms with van der Waals surface area (Å²) < 4.78 is 0. The Balaban J connectivity index is 2.31. The number of rotatable bonds is 3. The Morgan fingerprint density at radius 1 is 1.40 bits per heavy atom. The van der Waals surface area contributed by atoms with Crippen LogP contribution < -0.4 is 5.32 Å². The van der Waals surface area contributed by atoms with E-state index in [-0.39, 0.29) is 0 Å². The summed E-state index contributed by atoms with van der Waals surface area (Å²) in [5, 5.41) is 12.6. The maximum absolute atomic E-state index is 11.4. The van der Waals surface area contributed by atoms with Gasteiger partial charge < -0.3 is 10.4 Å². The molecule has 1 fully saturated rings. The number of nitrogens with one attached hydrogen (secondary N) is 1. The minimum atomic E-state index is -0.722. The highest BCUT2D eigenvalue weighted by atomic mass is 16.4. The first-order chi connectivity index (χ1) is 9.63. The Kier molecular flexibility index (Phi) is 5.18. The minimum absolute atomic E-state index is 0.343. The number of aryl methyl sites for hydroxylation is 1. The zero-order valence-corrected chi connectivity index (χ0v) is 12.4. The number of hydrogen-bond acceptors (Lipinski definition) is 2. The van der Waals surface area contributed by atoms with Crippen molar-refractivity contribution in [1.82, 2.24) is 5.32 Å². The zero-order chi connectivity index (χ0) is 14.5. The van der Waals surface area contributed by atoms with Gasteiger partial charge in [0.05, 0.1) is 0 Å². The number of carbonyl (C=O) groups is 1. The van der Waals surface area contributed by atoms with E-state index in [1.54, 1.807) is 0 Å². The predicted octanol–water partition coefficient (Wildman–Crippen LogP) is 3.33. The van der Waals surface area contributed by atoms with E-state index in [1.165, 1.54) is 17.5 Å². The minimum Gasteiger partial charge on any atom is -0.480 e. The Morgan fingerprint density at radius 3 is 2.80 bits per heavy atom. The van der Waals surface area contributed by atoms with Crippen molar-refractivity contribution >= 4 is 5.97 Å². The molecule has 0 radical (unpaired) electrons. The molecule has 3 heteroatoms. The Morgan fingerprint density at radius 2 is 2.15 bits per heavy atom. The lowest BCUT2D eigenvalue weighted by molar-refractivity contribution is -0.140. The van der Waals surface area contributed by atoms with Gasteiger partial charge in [0.15, 0.2) is 0 Å². The number of carboxylic acid groups (broad SMARTS) is 1. The van der Waals surface area contributed by atoms with E-state index in [1.807, 2.05) is 0 Å². The molecule has 1 aliphatic rings. The maximum atomic E-state index is 11.4. The highest BCUT2D eigenvalue weighted by Gasteiger charge is 2.30. The number of aliphatic carboxylic acids is 1. The fourth-order valence-electron chi connectivity index (χ4n) is 3.43. The summed E-state index contributed by atoms with van der Waals surface area (Å²) in [6, 6.07) is 7.99. The van der Waals surface area contributed by atoms with Crippen LogP contribution in [-0.4, -0.2) is 23.7 Å². The van der Waals surface area contributed by atoms with E-state index in [9.17, 15) is 9.90 Å². The summed E-state index contributed by atoms with van der Waals surface area (Å²) in [4.78, 5) is 11.4. The summed E-state index contributed by atoms with van der Waals surface area (Å²) in [6.45, 7) is 5.17. The summed E-state index contributed by atoms with van der Waals surface area (Å²) in [5.74, 6) is 0.204. The third-order valence-electron chi connectivity index (χ3n) is 4.61. The lowest BCUT2D eigenvalue weighted by Crippen LogP contribution is -2.41. The van der Waals surface area contributed by atoms with Crippen LogP contribution in [0.25, 0.3) is 0 Å². The Hall–Kier alpha value is -1.35. The van der Waals surface area contributed by atoms with Crippen LogP contribution in [0.4, 0.5) is 0 Å². The largest absolute Gasteiger partial charge is 0.480 e. The van der Waals surface area contributed by atoms with Gasteiger partial charge in [-0.25, -0.2) is 0 Å². The zero-order valence-electron chi connectivity index (χ0n) is 12.4. The van der Waals surface area contributed by atoms with Gasteiger partial charge in [-0.15, -0.1) is 0 Å². The molecule has 3 nitrogen and oxygen atoms in total. The summed E-state index contributed by atoms with van der Waals surface area (Å²) in [6.07, 6.45) is 4.05. The molecule has 0 bridgehead atoms. The summed E-state index contributed by atoms with van der Waals surface area (Å²) >= 11 is 0. The smallest absolute Gasteiger partial charge is 0.320 e. The van der Waals surface area contributed by atoms with Gasteiger partial charge in [-0.3, -0.25) is 4.79 Å².